The third-order valence-corrected chi connectivity index (χ3v) is 5.93. The largest absolute Gasteiger partial charge is 0.325 e. The van der Waals surface area contributed by atoms with Gasteiger partial charge < -0.3 is 10.6 Å². The molecule has 1 fully saturated rings. The Morgan fingerprint density at radius 3 is 2.50 bits per heavy atom. The molecule has 2 aromatic carbocycles. The molecule has 1 atom stereocenters. The van der Waals surface area contributed by atoms with Crippen molar-refractivity contribution in [2.75, 3.05) is 11.9 Å². The Balaban J connectivity index is 1.78. The molecule has 1 aliphatic rings. The Hall–Kier alpha value is -2.38. The lowest BCUT2D eigenvalue weighted by atomic mass is 9.87. The van der Waals surface area contributed by atoms with E-state index in [9.17, 15) is 14.4 Å². The molecule has 146 valence electrons. The van der Waals surface area contributed by atoms with E-state index in [0.29, 0.717) is 22.7 Å². The summed E-state index contributed by atoms with van der Waals surface area (Å²) < 4.78 is 0.926. The van der Waals surface area contributed by atoms with Gasteiger partial charge in [-0.3, -0.25) is 14.5 Å². The number of imide groups is 1. The van der Waals surface area contributed by atoms with E-state index in [1.807, 2.05) is 13.0 Å². The van der Waals surface area contributed by atoms with Crippen molar-refractivity contribution in [3.63, 3.8) is 0 Å². The molecular formula is C20H19BrClN3O3. The van der Waals surface area contributed by atoms with Gasteiger partial charge in [-0.2, -0.15) is 0 Å². The van der Waals surface area contributed by atoms with E-state index in [-0.39, 0.29) is 6.54 Å². The fraction of sp³-hybridized carbons (Fsp3) is 0.250. The molecule has 8 heteroatoms. The number of hydrogen-bond acceptors (Lipinski definition) is 3. The molecule has 1 aliphatic heterocycles. The van der Waals surface area contributed by atoms with Crippen LogP contribution in [0.5, 0.6) is 0 Å². The van der Waals surface area contributed by atoms with Crippen molar-refractivity contribution in [2.24, 2.45) is 0 Å². The number of benzene rings is 2. The van der Waals surface area contributed by atoms with Crippen molar-refractivity contribution >= 4 is 51.1 Å². The lowest BCUT2D eigenvalue weighted by Gasteiger charge is -2.25. The summed E-state index contributed by atoms with van der Waals surface area (Å²) in [7, 11) is 0. The monoisotopic (exact) mass is 463 g/mol. The van der Waals surface area contributed by atoms with Crippen LogP contribution in [-0.2, 0) is 15.1 Å². The van der Waals surface area contributed by atoms with Crippen LogP contribution in [0.25, 0.3) is 0 Å². The van der Waals surface area contributed by atoms with E-state index in [1.54, 1.807) is 43.3 Å². The number of rotatable bonds is 5. The Morgan fingerprint density at radius 2 is 1.89 bits per heavy atom. The zero-order valence-electron chi connectivity index (χ0n) is 15.4. The van der Waals surface area contributed by atoms with Crippen molar-refractivity contribution in [1.82, 2.24) is 10.2 Å². The highest BCUT2D eigenvalue weighted by Crippen LogP contribution is 2.33. The first kappa shape index (κ1) is 20.4. The summed E-state index contributed by atoms with van der Waals surface area (Å²) in [5.41, 5.74) is 0.984. The molecular weight excluding hydrogens is 446 g/mol. The van der Waals surface area contributed by atoms with Gasteiger partial charge in [-0.05, 0) is 54.8 Å². The smallest absolute Gasteiger partial charge is 0.325 e. The molecule has 0 radical (unpaired) electrons. The molecule has 0 aliphatic carbocycles. The second-order valence-corrected chi connectivity index (χ2v) is 7.89. The lowest BCUT2D eigenvalue weighted by molar-refractivity contribution is -0.134. The highest BCUT2D eigenvalue weighted by Gasteiger charge is 2.51. The molecule has 0 aromatic heterocycles. The van der Waals surface area contributed by atoms with Gasteiger partial charge in [0.15, 0.2) is 0 Å². The van der Waals surface area contributed by atoms with Crippen molar-refractivity contribution in [1.29, 1.82) is 0 Å². The van der Waals surface area contributed by atoms with Crippen molar-refractivity contribution in [2.45, 2.75) is 25.8 Å². The van der Waals surface area contributed by atoms with E-state index in [4.69, 9.17) is 11.6 Å². The first-order valence-corrected chi connectivity index (χ1v) is 9.90. The van der Waals surface area contributed by atoms with E-state index >= 15 is 0 Å². The summed E-state index contributed by atoms with van der Waals surface area (Å²) >= 11 is 9.33. The molecule has 2 aromatic rings. The predicted octanol–water partition coefficient (Wildman–Crippen LogP) is 4.21. The summed E-state index contributed by atoms with van der Waals surface area (Å²) in [4.78, 5) is 38.9. The van der Waals surface area contributed by atoms with Crippen molar-refractivity contribution in [3.8, 4) is 0 Å². The number of nitrogens with one attached hydrogen (secondary N) is 2. The normalized spacial score (nSPS) is 18.9. The van der Waals surface area contributed by atoms with Gasteiger partial charge >= 0.3 is 6.03 Å². The summed E-state index contributed by atoms with van der Waals surface area (Å²) in [6.45, 7) is 3.34. The molecule has 0 saturated carbocycles. The van der Waals surface area contributed by atoms with Gasteiger partial charge in [-0.25, -0.2) is 4.79 Å². The zero-order valence-corrected chi connectivity index (χ0v) is 17.7. The maximum Gasteiger partial charge on any atom is 0.325 e. The van der Waals surface area contributed by atoms with Gasteiger partial charge in [-0.15, -0.1) is 0 Å². The van der Waals surface area contributed by atoms with Crippen LogP contribution < -0.4 is 10.6 Å². The summed E-state index contributed by atoms with van der Waals surface area (Å²) in [5, 5.41) is 6.00. The maximum absolute atomic E-state index is 13.1. The number of carbonyl (C=O) groups is 3. The Kier molecular flexibility index (Phi) is 5.76. The third-order valence-electron chi connectivity index (χ3n) is 4.79. The highest BCUT2D eigenvalue weighted by atomic mass is 79.9. The van der Waals surface area contributed by atoms with Crippen molar-refractivity contribution < 1.29 is 14.4 Å². The van der Waals surface area contributed by atoms with Gasteiger partial charge in [-0.1, -0.05) is 46.6 Å². The molecule has 6 nitrogen and oxygen atoms in total. The topological polar surface area (TPSA) is 78.5 Å². The number of carbonyl (C=O) groups excluding carboxylic acids is 3. The van der Waals surface area contributed by atoms with Gasteiger partial charge in [0.25, 0.3) is 5.91 Å². The van der Waals surface area contributed by atoms with Crippen LogP contribution in [0.3, 0.4) is 0 Å². The molecule has 4 amide bonds. The number of anilines is 1. The molecule has 0 spiro atoms. The van der Waals surface area contributed by atoms with Gasteiger partial charge in [0.2, 0.25) is 5.91 Å². The standard InChI is InChI=1S/C20H19BrClN3O3/c1-3-20(13-4-6-14(22)7-5-13)18(27)25(19(28)24-20)11-17(26)23-15-8-9-16(21)12(2)10-15/h4-10H,3,11H2,1-2H3,(H,23,26)(H,24,28)/t20-/m0/s1. The quantitative estimate of drug-likeness (QED) is 0.651. The highest BCUT2D eigenvalue weighted by molar-refractivity contribution is 9.10. The number of hydrogen-bond donors (Lipinski definition) is 2. The SMILES string of the molecule is CC[C@@]1(c2ccc(Cl)cc2)NC(=O)N(CC(=O)Nc2ccc(Br)c(C)c2)C1=O. The Labute approximate surface area is 176 Å². The van der Waals surface area contributed by atoms with Crippen LogP contribution in [0, 0.1) is 6.92 Å². The molecule has 1 heterocycles. The minimum Gasteiger partial charge on any atom is -0.325 e. The fourth-order valence-corrected chi connectivity index (χ4v) is 3.58. The van der Waals surface area contributed by atoms with Gasteiger partial charge in [0, 0.05) is 15.2 Å². The average Bonchev–Trinajstić information content (AvgIpc) is 2.90. The molecule has 0 unspecified atom stereocenters. The van der Waals surface area contributed by atoms with Gasteiger partial charge in [0.1, 0.15) is 12.1 Å². The molecule has 3 rings (SSSR count). The summed E-state index contributed by atoms with van der Waals surface area (Å²) in [6.07, 6.45) is 0.350. The number of amides is 4. The van der Waals surface area contributed by atoms with Crippen molar-refractivity contribution in [3.05, 3.63) is 63.1 Å². The molecule has 2 N–H and O–H groups in total. The van der Waals surface area contributed by atoms with E-state index < -0.39 is 23.4 Å². The predicted molar refractivity (Wildman–Crippen MR) is 111 cm³/mol. The van der Waals surface area contributed by atoms with E-state index in [1.165, 1.54) is 0 Å². The number of nitrogens with zero attached hydrogens (tertiary/aromatic N) is 1. The lowest BCUT2D eigenvalue weighted by Crippen LogP contribution is -2.44. The van der Waals surface area contributed by atoms with Crippen LogP contribution in [-0.4, -0.2) is 29.3 Å². The average molecular weight is 465 g/mol. The first-order valence-electron chi connectivity index (χ1n) is 8.73. The minimum absolute atomic E-state index is 0.350. The Bertz CT molecular complexity index is 948. The molecule has 0 bridgehead atoms. The summed E-state index contributed by atoms with van der Waals surface area (Å²) in [6, 6.07) is 11.5. The molecule has 1 saturated heterocycles. The number of halogens is 2. The number of urea groups is 1. The fourth-order valence-electron chi connectivity index (χ4n) is 3.21. The van der Waals surface area contributed by atoms with Crippen LogP contribution in [0.1, 0.15) is 24.5 Å². The van der Waals surface area contributed by atoms with E-state index in [2.05, 4.69) is 26.6 Å². The molecule has 28 heavy (non-hydrogen) atoms. The zero-order chi connectivity index (χ0) is 20.5. The summed E-state index contributed by atoms with van der Waals surface area (Å²) in [5.74, 6) is -0.905. The third kappa shape index (κ3) is 3.77. The second-order valence-electron chi connectivity index (χ2n) is 6.60. The first-order chi connectivity index (χ1) is 13.3. The second kappa shape index (κ2) is 7.93. The van der Waals surface area contributed by atoms with E-state index in [0.717, 1.165) is 14.9 Å². The van der Waals surface area contributed by atoms with Crippen LogP contribution >= 0.6 is 27.5 Å². The van der Waals surface area contributed by atoms with Crippen LogP contribution in [0.2, 0.25) is 5.02 Å². The van der Waals surface area contributed by atoms with Crippen LogP contribution in [0.4, 0.5) is 10.5 Å². The number of aryl methyl sites for hydroxylation is 1. The van der Waals surface area contributed by atoms with Crippen LogP contribution in [0.15, 0.2) is 46.9 Å². The minimum atomic E-state index is -1.20. The van der Waals surface area contributed by atoms with Gasteiger partial charge in [0.05, 0.1) is 0 Å². The maximum atomic E-state index is 13.1. The Morgan fingerprint density at radius 1 is 1.21 bits per heavy atom.